The summed E-state index contributed by atoms with van der Waals surface area (Å²) in [5.41, 5.74) is 28.1. The van der Waals surface area contributed by atoms with Crippen LogP contribution < -0.4 is 32.3 Å². The molecule has 0 saturated carbocycles. The number of carboxylic acid groups (broad SMARTS) is 1. The van der Waals surface area contributed by atoms with E-state index in [1.54, 1.807) is 24.8 Å². The fourth-order valence-electron chi connectivity index (χ4n) is 14.3. The fraction of sp³-hybridized carbons (Fsp3) is 0.417. The highest BCUT2D eigenvalue weighted by molar-refractivity contribution is 6.10. The first-order chi connectivity index (χ1) is 57.5. The van der Waals surface area contributed by atoms with Gasteiger partial charge in [0.1, 0.15) is 28.9 Å². The Balaban J connectivity index is 0.000000209. The van der Waals surface area contributed by atoms with Crippen molar-refractivity contribution < 1.29 is 43.3 Å². The third-order valence-electron chi connectivity index (χ3n) is 19.8. The second kappa shape index (κ2) is 46.9. The Hall–Kier alpha value is -11.5. The van der Waals surface area contributed by atoms with E-state index in [1.807, 2.05) is 134 Å². The lowest BCUT2D eigenvalue weighted by atomic mass is 10.0. The molecule has 648 valence electrons. The number of carboxylic acids is 1. The number of methoxy groups -OCH3 is 1. The third-order valence-corrected chi connectivity index (χ3v) is 19.8. The minimum atomic E-state index is -0.955. The van der Waals surface area contributed by atoms with Crippen LogP contribution in [0, 0.1) is 69.2 Å². The van der Waals surface area contributed by atoms with Gasteiger partial charge in [-0.1, -0.05) is 88.5 Å². The molecule has 0 spiro atoms. The van der Waals surface area contributed by atoms with E-state index in [1.165, 1.54) is 13.3 Å². The molecule has 11 aromatic rings. The number of rotatable bonds is 33. The predicted octanol–water partition coefficient (Wildman–Crippen LogP) is 16.6. The van der Waals surface area contributed by atoms with Crippen molar-refractivity contribution in [2.75, 3.05) is 170 Å². The van der Waals surface area contributed by atoms with Crippen LogP contribution >= 0.6 is 0 Å². The highest BCUT2D eigenvalue weighted by Gasteiger charge is 2.24. The molecule has 6 aromatic carbocycles. The minimum absolute atomic E-state index is 0.163. The zero-order valence-electron chi connectivity index (χ0n) is 75.7. The molecule has 0 saturated heterocycles. The fourth-order valence-corrected chi connectivity index (χ4v) is 14.3. The standard InChI is InChI=1S/C24H29N3O2.C20H29N3O2.C18H25N3O2.C17H24N4O.C17H23N3O2/c1-17-13-18(2)22-20(14-17)23(25-11-8-12-27(3)4)21(15-26-22)24(28)29-16-19-9-6-5-7-10-19;1-13(2)25-20(24)17-12-22-18-15(4)10-14(3)11-16(18)19(17)21-8-7-9-23(5)6;1-12-9-13(2)16-14(10-12)17(19-7-6-8-21(3)4)15(11-20-16)18(22)23-5;1-11-8-12(2)15-13(9-11)16(14(10-20-15)17(18)22)19-6-5-7-21(3)4;1-11-8-12(2)15-13(9-11)16(14(10-19-15)17(21)22)18-6-5-7-20(3)4/h5-7,9-10,13-15H,8,11-12,16H2,1-4H3,(H,25,26);10-13H,7-9H2,1-6H3,(H,21,22);9-11H,6-8H2,1-5H3,(H,19,20);8-10H,5-7H2,1-4H3,(H2,18,22)(H,19,20);8-10H,5-7H2,1-4H3,(H,18,19)(H,21,22). The summed E-state index contributed by atoms with van der Waals surface area (Å²) in [5.74, 6) is -2.47. The van der Waals surface area contributed by atoms with Crippen molar-refractivity contribution in [3.8, 4) is 0 Å². The van der Waals surface area contributed by atoms with Gasteiger partial charge in [-0.3, -0.25) is 29.7 Å². The average Bonchev–Trinajstić information content (AvgIpc) is 0.801. The summed E-state index contributed by atoms with van der Waals surface area (Å²) in [6.07, 6.45) is 12.6. The number of nitrogens with zero attached hydrogens (tertiary/aromatic N) is 10. The lowest BCUT2D eigenvalue weighted by molar-refractivity contribution is 0.0377. The van der Waals surface area contributed by atoms with Crippen LogP contribution in [0.3, 0.4) is 0 Å². The van der Waals surface area contributed by atoms with Crippen molar-refractivity contribution in [1.29, 1.82) is 0 Å². The Morgan fingerprint density at radius 2 is 0.628 bits per heavy atom. The van der Waals surface area contributed by atoms with Gasteiger partial charge < -0.3 is 76.1 Å². The Kier molecular flexibility index (Phi) is 37.5. The number of nitrogens with two attached hydrogens (primary N) is 1. The van der Waals surface area contributed by atoms with E-state index in [2.05, 4.69) is 187 Å². The number of carbonyl (C=O) groups excluding carboxylic acids is 4. The lowest BCUT2D eigenvalue weighted by Crippen LogP contribution is -2.19. The summed E-state index contributed by atoms with van der Waals surface area (Å²) in [4.78, 5) is 93.6. The Bertz CT molecular complexity index is 5240. The molecule has 25 nitrogen and oxygen atoms in total. The molecule has 11 rings (SSSR count). The summed E-state index contributed by atoms with van der Waals surface area (Å²) in [5, 5.41) is 31.2. The molecule has 25 heteroatoms. The molecule has 0 radical (unpaired) electrons. The summed E-state index contributed by atoms with van der Waals surface area (Å²) >= 11 is 0. The summed E-state index contributed by atoms with van der Waals surface area (Å²) < 4.78 is 15.9. The number of pyridine rings is 5. The number of aryl methyl sites for hydroxylation is 10. The molecule has 1 amide bonds. The highest BCUT2D eigenvalue weighted by atomic mass is 16.5. The maximum absolute atomic E-state index is 12.9. The molecular formula is C96H130N16O9. The van der Waals surface area contributed by atoms with Gasteiger partial charge in [-0.15, -0.1) is 0 Å². The molecule has 5 heterocycles. The smallest absolute Gasteiger partial charge is 0.342 e. The van der Waals surface area contributed by atoms with Crippen LogP contribution in [-0.4, -0.2) is 233 Å². The Morgan fingerprint density at radius 1 is 0.372 bits per heavy atom. The molecule has 0 aliphatic carbocycles. The third kappa shape index (κ3) is 28.6. The molecule has 0 atom stereocenters. The van der Waals surface area contributed by atoms with Crippen molar-refractivity contribution in [3.63, 3.8) is 0 Å². The normalized spacial score (nSPS) is 11.1. The van der Waals surface area contributed by atoms with Gasteiger partial charge in [-0.25, -0.2) is 19.2 Å². The van der Waals surface area contributed by atoms with E-state index in [-0.39, 0.29) is 36.2 Å². The van der Waals surface area contributed by atoms with Gasteiger partial charge in [0.2, 0.25) is 0 Å². The van der Waals surface area contributed by atoms with E-state index in [4.69, 9.17) is 19.9 Å². The SMILES string of the molecule is COC(=O)c1cnc2c(C)cc(C)cc2c1NCCCN(C)C.Cc1cc(C)c2ncc(C(=O)O)c(NCCCN(C)C)c2c1.Cc1cc(C)c2ncc(C(=O)OC(C)C)c(NCCCN(C)C)c2c1.Cc1cc(C)c2ncc(C(=O)OCc3ccccc3)c(NCCCN(C)C)c2c1.Cc1cc(C)c2ncc(C(N)=O)c(NCCCN(C)C)c2c1. The van der Waals surface area contributed by atoms with Crippen LogP contribution in [0.2, 0.25) is 0 Å². The number of aromatic carboxylic acids is 1. The quantitative estimate of drug-likeness (QED) is 0.0114. The van der Waals surface area contributed by atoms with Crippen LogP contribution in [0.5, 0.6) is 0 Å². The summed E-state index contributed by atoms with van der Waals surface area (Å²) in [6.45, 7) is 33.1. The second-order valence-corrected chi connectivity index (χ2v) is 32.7. The number of primary amides is 1. The molecule has 0 unspecified atom stereocenters. The van der Waals surface area contributed by atoms with E-state index in [0.29, 0.717) is 27.9 Å². The van der Waals surface area contributed by atoms with Crippen molar-refractivity contribution in [1.82, 2.24) is 49.4 Å². The molecular weight excluding hydrogens is 1520 g/mol. The van der Waals surface area contributed by atoms with E-state index in [0.717, 1.165) is 236 Å². The molecule has 0 fully saturated rings. The molecule has 0 aliphatic rings. The van der Waals surface area contributed by atoms with Crippen LogP contribution in [0.4, 0.5) is 28.4 Å². The Labute approximate surface area is 716 Å². The van der Waals surface area contributed by atoms with Crippen molar-refractivity contribution in [3.05, 3.63) is 211 Å². The van der Waals surface area contributed by atoms with Gasteiger partial charge in [0.15, 0.2) is 0 Å². The Morgan fingerprint density at radius 3 is 0.893 bits per heavy atom. The van der Waals surface area contributed by atoms with Crippen LogP contribution in [0.25, 0.3) is 54.5 Å². The first-order valence-corrected chi connectivity index (χ1v) is 41.4. The van der Waals surface area contributed by atoms with Gasteiger partial charge in [-0.2, -0.15) is 0 Å². The first-order valence-electron chi connectivity index (χ1n) is 41.4. The van der Waals surface area contributed by atoms with E-state index in [9.17, 15) is 29.1 Å². The minimum Gasteiger partial charge on any atom is -0.478 e. The van der Waals surface area contributed by atoms with Crippen molar-refractivity contribution in [2.45, 2.75) is 128 Å². The van der Waals surface area contributed by atoms with Gasteiger partial charge in [0.05, 0.1) is 74.8 Å². The predicted molar refractivity (Wildman–Crippen MR) is 497 cm³/mol. The number of benzene rings is 6. The number of nitrogens with one attached hydrogen (secondary N) is 5. The van der Waals surface area contributed by atoms with Crippen molar-refractivity contribution in [2.24, 2.45) is 5.73 Å². The highest BCUT2D eigenvalue weighted by Crippen LogP contribution is 2.36. The molecule has 121 heavy (non-hydrogen) atoms. The number of aromatic nitrogens is 5. The van der Waals surface area contributed by atoms with E-state index >= 15 is 0 Å². The average molecular weight is 1650 g/mol. The van der Waals surface area contributed by atoms with Gasteiger partial charge in [0.25, 0.3) is 5.91 Å². The van der Waals surface area contributed by atoms with Crippen LogP contribution in [0.15, 0.2) is 122 Å². The number of esters is 3. The largest absolute Gasteiger partial charge is 0.478 e. The number of carbonyl (C=O) groups is 5. The zero-order valence-corrected chi connectivity index (χ0v) is 75.7. The second-order valence-electron chi connectivity index (χ2n) is 32.7. The van der Waals surface area contributed by atoms with Crippen LogP contribution in [-0.2, 0) is 20.8 Å². The lowest BCUT2D eigenvalue weighted by Gasteiger charge is -2.17. The van der Waals surface area contributed by atoms with Gasteiger partial charge in [0, 0.05) is 90.6 Å². The summed E-state index contributed by atoms with van der Waals surface area (Å²) in [7, 11) is 21.9. The number of hydrogen-bond acceptors (Lipinski definition) is 23. The molecule has 0 aliphatic heterocycles. The molecule has 0 bridgehead atoms. The van der Waals surface area contributed by atoms with Crippen molar-refractivity contribution >= 4 is 113 Å². The topological polar surface area (TPSA) is 300 Å². The molecule has 5 aromatic heterocycles. The number of amides is 1. The monoisotopic (exact) mass is 1650 g/mol. The summed E-state index contributed by atoms with van der Waals surface area (Å²) in [6, 6.07) is 30.4. The number of anilines is 5. The number of ether oxygens (including phenoxy) is 3. The first kappa shape index (κ1) is 96.6. The maximum atomic E-state index is 12.9. The van der Waals surface area contributed by atoms with Crippen LogP contribution in [0.1, 0.15) is 159 Å². The van der Waals surface area contributed by atoms with Gasteiger partial charge >= 0.3 is 23.9 Å². The van der Waals surface area contributed by atoms with Gasteiger partial charge in [-0.05, 0) is 282 Å². The zero-order chi connectivity index (χ0) is 88.9. The van der Waals surface area contributed by atoms with E-state index < -0.39 is 11.9 Å². The molecule has 8 N–H and O–H groups in total. The number of hydrogen-bond donors (Lipinski definition) is 7. The maximum Gasteiger partial charge on any atom is 0.342 e. The number of fused-ring (bicyclic) bond motifs is 5.